The van der Waals surface area contributed by atoms with Gasteiger partial charge in [-0.2, -0.15) is 0 Å². The lowest BCUT2D eigenvalue weighted by Crippen LogP contribution is -2.11. The maximum atomic E-state index is 9.04. The van der Waals surface area contributed by atoms with Crippen LogP contribution < -0.4 is 0 Å². The topological polar surface area (TPSA) is 48.9 Å². The predicted octanol–water partition coefficient (Wildman–Crippen LogP) is 2.35. The van der Waals surface area contributed by atoms with Crippen molar-refractivity contribution in [2.24, 2.45) is 0 Å². The number of para-hydroxylation sites is 1. The Bertz CT molecular complexity index is 480. The maximum Gasteiger partial charge on any atom is 0.133 e. The second-order valence-corrected chi connectivity index (χ2v) is 4.79. The van der Waals surface area contributed by atoms with Gasteiger partial charge in [0, 0.05) is 0 Å². The van der Waals surface area contributed by atoms with E-state index < -0.39 is 0 Å². The first-order valence-corrected chi connectivity index (χ1v) is 5.11. The van der Waals surface area contributed by atoms with E-state index in [-0.39, 0.29) is 12.0 Å². The lowest BCUT2D eigenvalue weighted by Gasteiger charge is -2.19. The van der Waals surface area contributed by atoms with Gasteiger partial charge in [-0.25, -0.2) is 4.98 Å². The minimum absolute atomic E-state index is 0.0434. The lowest BCUT2D eigenvalue weighted by molar-refractivity contribution is 0.273. The Hall–Kier alpha value is -1.35. The molecule has 3 nitrogen and oxygen atoms in total. The summed E-state index contributed by atoms with van der Waals surface area (Å²) >= 11 is 0. The summed E-state index contributed by atoms with van der Waals surface area (Å²) in [4.78, 5) is 7.49. The molecule has 0 bridgehead atoms. The van der Waals surface area contributed by atoms with Crippen LogP contribution in [0.25, 0.3) is 11.0 Å². The van der Waals surface area contributed by atoms with E-state index in [1.807, 2.05) is 12.1 Å². The van der Waals surface area contributed by atoms with E-state index in [0.717, 1.165) is 11.0 Å². The van der Waals surface area contributed by atoms with E-state index in [2.05, 4.69) is 36.8 Å². The second kappa shape index (κ2) is 3.35. The zero-order valence-corrected chi connectivity index (χ0v) is 9.33. The van der Waals surface area contributed by atoms with Crippen molar-refractivity contribution in [3.05, 3.63) is 29.6 Å². The summed E-state index contributed by atoms with van der Waals surface area (Å²) in [7, 11) is 0. The molecule has 0 fully saturated rings. The van der Waals surface area contributed by atoms with Crippen molar-refractivity contribution < 1.29 is 5.11 Å². The highest BCUT2D eigenvalue weighted by atomic mass is 16.3. The molecule has 1 aromatic carbocycles. The fraction of sp³-hybridized carbons (Fsp3) is 0.417. The summed E-state index contributed by atoms with van der Waals surface area (Å²) in [6.45, 7) is 6.44. The van der Waals surface area contributed by atoms with Crippen LogP contribution in [-0.4, -0.2) is 15.1 Å². The molecular weight excluding hydrogens is 188 g/mol. The van der Waals surface area contributed by atoms with Gasteiger partial charge in [0.15, 0.2) is 0 Å². The number of hydrogen-bond acceptors (Lipinski definition) is 2. The standard InChI is InChI=1S/C12H16N2O/c1-12(2,3)8-5-4-6-9-11(8)14-10(7-15)13-9/h4-6,15H,7H2,1-3H3,(H,13,14). The molecule has 0 amide bonds. The number of fused-ring (bicyclic) bond motifs is 1. The summed E-state index contributed by atoms with van der Waals surface area (Å²) < 4.78 is 0. The number of aliphatic hydroxyl groups is 1. The first-order chi connectivity index (χ1) is 7.02. The van der Waals surface area contributed by atoms with Gasteiger partial charge in [0.1, 0.15) is 12.4 Å². The number of benzene rings is 1. The van der Waals surface area contributed by atoms with Crippen LogP contribution in [0.5, 0.6) is 0 Å². The fourth-order valence-electron chi connectivity index (χ4n) is 1.76. The van der Waals surface area contributed by atoms with Gasteiger partial charge in [-0.05, 0) is 17.0 Å². The van der Waals surface area contributed by atoms with Crippen molar-refractivity contribution in [1.82, 2.24) is 9.97 Å². The van der Waals surface area contributed by atoms with Gasteiger partial charge in [-0.1, -0.05) is 32.9 Å². The van der Waals surface area contributed by atoms with E-state index in [4.69, 9.17) is 5.11 Å². The monoisotopic (exact) mass is 204 g/mol. The van der Waals surface area contributed by atoms with Gasteiger partial charge in [-0.3, -0.25) is 0 Å². The van der Waals surface area contributed by atoms with Crippen LogP contribution in [0.3, 0.4) is 0 Å². The first-order valence-electron chi connectivity index (χ1n) is 5.11. The smallest absolute Gasteiger partial charge is 0.133 e. The molecule has 0 spiro atoms. The van der Waals surface area contributed by atoms with Crippen molar-refractivity contribution in [3.63, 3.8) is 0 Å². The van der Waals surface area contributed by atoms with Crippen molar-refractivity contribution in [2.75, 3.05) is 0 Å². The number of H-pyrrole nitrogens is 1. The van der Waals surface area contributed by atoms with Crippen molar-refractivity contribution in [2.45, 2.75) is 32.8 Å². The molecule has 0 unspecified atom stereocenters. The Morgan fingerprint density at radius 2 is 2.07 bits per heavy atom. The molecule has 3 heteroatoms. The molecule has 0 saturated heterocycles. The van der Waals surface area contributed by atoms with Crippen LogP contribution in [0, 0.1) is 0 Å². The highest BCUT2D eigenvalue weighted by molar-refractivity contribution is 5.79. The molecule has 0 aliphatic heterocycles. The molecule has 0 aliphatic rings. The number of hydrogen-bond donors (Lipinski definition) is 2. The molecule has 0 aliphatic carbocycles. The summed E-state index contributed by atoms with van der Waals surface area (Å²) in [6, 6.07) is 6.09. The van der Waals surface area contributed by atoms with Crippen molar-refractivity contribution in [3.8, 4) is 0 Å². The van der Waals surface area contributed by atoms with Gasteiger partial charge in [0.05, 0.1) is 11.0 Å². The number of imidazole rings is 1. The van der Waals surface area contributed by atoms with Crippen molar-refractivity contribution >= 4 is 11.0 Å². The summed E-state index contributed by atoms with van der Waals surface area (Å²) in [5.74, 6) is 0.627. The molecule has 2 rings (SSSR count). The van der Waals surface area contributed by atoms with Crippen LogP contribution in [0.2, 0.25) is 0 Å². The van der Waals surface area contributed by atoms with E-state index >= 15 is 0 Å². The Morgan fingerprint density at radius 1 is 1.33 bits per heavy atom. The van der Waals surface area contributed by atoms with E-state index in [0.29, 0.717) is 5.82 Å². The van der Waals surface area contributed by atoms with Crippen LogP contribution in [0.4, 0.5) is 0 Å². The molecule has 80 valence electrons. The van der Waals surface area contributed by atoms with Gasteiger partial charge in [0.2, 0.25) is 0 Å². The van der Waals surface area contributed by atoms with E-state index in [1.165, 1.54) is 5.56 Å². The average molecular weight is 204 g/mol. The molecule has 15 heavy (non-hydrogen) atoms. The number of aromatic nitrogens is 2. The molecule has 2 aromatic rings. The Morgan fingerprint density at radius 3 is 2.67 bits per heavy atom. The SMILES string of the molecule is CC(C)(C)c1cccc2[nH]c(CO)nc12. The average Bonchev–Trinajstić information content (AvgIpc) is 2.57. The largest absolute Gasteiger partial charge is 0.388 e. The molecule has 1 aromatic heterocycles. The number of aliphatic hydroxyl groups excluding tert-OH is 1. The van der Waals surface area contributed by atoms with Crippen LogP contribution in [0.1, 0.15) is 32.2 Å². The third-order valence-corrected chi connectivity index (χ3v) is 2.52. The quantitative estimate of drug-likeness (QED) is 0.749. The van der Waals surface area contributed by atoms with Gasteiger partial charge in [-0.15, -0.1) is 0 Å². The summed E-state index contributed by atoms with van der Waals surface area (Å²) in [5, 5.41) is 9.04. The Kier molecular flexibility index (Phi) is 2.27. The minimum Gasteiger partial charge on any atom is -0.388 e. The molecule has 0 atom stereocenters. The highest BCUT2D eigenvalue weighted by Gasteiger charge is 2.18. The fourth-order valence-corrected chi connectivity index (χ4v) is 1.76. The molecular formula is C12H16N2O. The zero-order chi connectivity index (χ0) is 11.1. The summed E-state index contributed by atoms with van der Waals surface area (Å²) in [6.07, 6.45) is 0. The second-order valence-electron chi connectivity index (χ2n) is 4.79. The number of aromatic amines is 1. The predicted molar refractivity (Wildman–Crippen MR) is 60.7 cm³/mol. The van der Waals surface area contributed by atoms with Gasteiger partial charge in [0.25, 0.3) is 0 Å². The molecule has 2 N–H and O–H groups in total. The summed E-state index contributed by atoms with van der Waals surface area (Å²) in [5.41, 5.74) is 3.23. The lowest BCUT2D eigenvalue weighted by atomic mass is 9.86. The van der Waals surface area contributed by atoms with Crippen LogP contribution >= 0.6 is 0 Å². The van der Waals surface area contributed by atoms with Gasteiger partial charge >= 0.3 is 0 Å². The normalized spacial score (nSPS) is 12.3. The number of nitrogens with one attached hydrogen (secondary N) is 1. The Labute approximate surface area is 89.2 Å². The number of rotatable bonds is 1. The molecule has 0 radical (unpaired) electrons. The van der Waals surface area contributed by atoms with Crippen molar-refractivity contribution in [1.29, 1.82) is 0 Å². The third kappa shape index (κ3) is 1.75. The zero-order valence-electron chi connectivity index (χ0n) is 9.33. The van der Waals surface area contributed by atoms with E-state index in [1.54, 1.807) is 0 Å². The number of nitrogens with zero attached hydrogens (tertiary/aromatic N) is 1. The molecule has 1 heterocycles. The van der Waals surface area contributed by atoms with Crippen LogP contribution in [-0.2, 0) is 12.0 Å². The maximum absolute atomic E-state index is 9.04. The third-order valence-electron chi connectivity index (χ3n) is 2.52. The van der Waals surface area contributed by atoms with Crippen LogP contribution in [0.15, 0.2) is 18.2 Å². The Balaban J connectivity index is 2.70. The van der Waals surface area contributed by atoms with E-state index in [9.17, 15) is 0 Å². The highest BCUT2D eigenvalue weighted by Crippen LogP contribution is 2.28. The minimum atomic E-state index is -0.0434. The van der Waals surface area contributed by atoms with Gasteiger partial charge < -0.3 is 10.1 Å². The first kappa shape index (κ1) is 10.2. The molecule has 0 saturated carbocycles.